The summed E-state index contributed by atoms with van der Waals surface area (Å²) in [6, 6.07) is 9.26. The van der Waals surface area contributed by atoms with Crippen LogP contribution in [0.5, 0.6) is 0 Å². The molecule has 29 heavy (non-hydrogen) atoms. The monoisotopic (exact) mass is 414 g/mol. The van der Waals surface area contributed by atoms with Crippen LogP contribution >= 0.6 is 0 Å². The summed E-state index contributed by atoms with van der Waals surface area (Å²) >= 11 is 0. The number of nitrogen functional groups attached to an aromatic ring is 1. The summed E-state index contributed by atoms with van der Waals surface area (Å²) in [7, 11) is -3.84. The lowest BCUT2D eigenvalue weighted by molar-refractivity contribution is 0.491. The molecule has 0 fully saturated rings. The third kappa shape index (κ3) is 4.11. The van der Waals surface area contributed by atoms with Crippen molar-refractivity contribution >= 4 is 26.6 Å². The quantitative estimate of drug-likeness (QED) is 0.602. The van der Waals surface area contributed by atoms with Gasteiger partial charge in [0.1, 0.15) is 16.8 Å². The van der Waals surface area contributed by atoms with Crippen LogP contribution in [0.3, 0.4) is 0 Å². The molecule has 2 aromatic carbocycles. The number of aromatic nitrogens is 1. The number of sulfonamides is 1. The van der Waals surface area contributed by atoms with Crippen molar-refractivity contribution in [3.05, 3.63) is 59.0 Å². The number of fused-ring (bicyclic) bond motifs is 1. The number of hydrogen-bond donors (Lipinski definition) is 2. The predicted octanol–water partition coefficient (Wildman–Crippen LogP) is 3.61. The molecule has 0 aliphatic rings. The van der Waals surface area contributed by atoms with Gasteiger partial charge in [0, 0.05) is 29.7 Å². The molecule has 152 valence electrons. The minimum Gasteiger partial charge on any atom is -0.398 e. The Labute approximate surface area is 169 Å². The van der Waals surface area contributed by atoms with Crippen molar-refractivity contribution in [2.45, 2.75) is 44.7 Å². The molecule has 1 atom stereocenters. The summed E-state index contributed by atoms with van der Waals surface area (Å²) in [5.41, 5.74) is 8.69. The molecule has 3 N–H and O–H groups in total. The Kier molecular flexibility index (Phi) is 5.64. The predicted molar refractivity (Wildman–Crippen MR) is 111 cm³/mol. The number of nitrogens with two attached hydrogens (primary N) is 1. The van der Waals surface area contributed by atoms with Crippen LogP contribution in [-0.2, 0) is 16.6 Å². The van der Waals surface area contributed by atoms with Crippen LogP contribution in [0.2, 0.25) is 0 Å². The van der Waals surface area contributed by atoms with Crippen molar-refractivity contribution in [2.75, 3.05) is 5.73 Å². The van der Waals surface area contributed by atoms with Gasteiger partial charge >= 0.3 is 0 Å². The number of aryl methyl sites for hydroxylation is 2. The van der Waals surface area contributed by atoms with Crippen LogP contribution in [0, 0.1) is 31.0 Å². The topological polar surface area (TPSA) is 101 Å². The zero-order valence-electron chi connectivity index (χ0n) is 16.5. The first-order valence-electron chi connectivity index (χ1n) is 9.23. The fraction of sp³-hybridized carbons (Fsp3) is 0.286. The van der Waals surface area contributed by atoms with E-state index in [4.69, 9.17) is 5.73 Å². The third-order valence-corrected chi connectivity index (χ3v) is 6.65. The molecule has 3 aromatic rings. The van der Waals surface area contributed by atoms with Crippen molar-refractivity contribution in [1.29, 1.82) is 5.26 Å². The zero-order valence-corrected chi connectivity index (χ0v) is 17.3. The molecule has 6 nitrogen and oxygen atoms in total. The van der Waals surface area contributed by atoms with Crippen LogP contribution in [0.25, 0.3) is 10.9 Å². The molecule has 0 aliphatic carbocycles. The third-order valence-electron chi connectivity index (χ3n) is 4.91. The highest BCUT2D eigenvalue weighted by Crippen LogP contribution is 2.26. The second-order valence-corrected chi connectivity index (χ2v) is 8.85. The second-order valence-electron chi connectivity index (χ2n) is 7.20. The molecule has 1 heterocycles. The first-order valence-corrected chi connectivity index (χ1v) is 10.7. The first kappa shape index (κ1) is 20.8. The fourth-order valence-corrected chi connectivity index (χ4v) is 5.28. The van der Waals surface area contributed by atoms with E-state index < -0.39 is 21.9 Å². The molecule has 0 saturated heterocycles. The van der Waals surface area contributed by atoms with E-state index in [0.717, 1.165) is 5.56 Å². The maximum absolute atomic E-state index is 13.6. The lowest BCUT2D eigenvalue weighted by atomic mass is 10.1. The van der Waals surface area contributed by atoms with Gasteiger partial charge in [-0.15, -0.1) is 0 Å². The van der Waals surface area contributed by atoms with Gasteiger partial charge in [-0.3, -0.25) is 0 Å². The van der Waals surface area contributed by atoms with Gasteiger partial charge in [0.2, 0.25) is 10.0 Å². The Balaban J connectivity index is 1.94. The lowest BCUT2D eigenvalue weighted by Gasteiger charge is -2.20. The van der Waals surface area contributed by atoms with Gasteiger partial charge in [-0.1, -0.05) is 13.0 Å². The van der Waals surface area contributed by atoms with Gasteiger partial charge in [0.05, 0.1) is 11.3 Å². The SMILES string of the molecule is CC[C@@H](Cn1cc(C#N)c2cc(F)ccc21)NS(=O)(=O)c1c(C)cc(C)cc1N. The van der Waals surface area contributed by atoms with E-state index >= 15 is 0 Å². The van der Waals surface area contributed by atoms with E-state index in [9.17, 15) is 18.1 Å². The highest BCUT2D eigenvalue weighted by molar-refractivity contribution is 7.89. The van der Waals surface area contributed by atoms with E-state index in [1.54, 1.807) is 35.9 Å². The highest BCUT2D eigenvalue weighted by atomic mass is 32.2. The van der Waals surface area contributed by atoms with Gasteiger partial charge in [-0.25, -0.2) is 17.5 Å². The molecular formula is C21H23FN4O2S. The first-order chi connectivity index (χ1) is 13.7. The number of nitriles is 1. The molecule has 0 saturated carbocycles. The van der Waals surface area contributed by atoms with Gasteiger partial charge < -0.3 is 10.3 Å². The molecule has 0 aliphatic heterocycles. The van der Waals surface area contributed by atoms with Crippen LogP contribution < -0.4 is 10.5 Å². The number of halogens is 1. The molecule has 0 amide bonds. The van der Waals surface area contributed by atoms with Crippen molar-refractivity contribution in [3.63, 3.8) is 0 Å². The van der Waals surface area contributed by atoms with Gasteiger partial charge in [0.25, 0.3) is 0 Å². The lowest BCUT2D eigenvalue weighted by Crippen LogP contribution is -2.38. The molecule has 3 rings (SSSR count). The summed E-state index contributed by atoms with van der Waals surface area (Å²) < 4.78 is 44.1. The molecular weight excluding hydrogens is 391 g/mol. The van der Waals surface area contributed by atoms with Crippen LogP contribution in [0.4, 0.5) is 10.1 Å². The Morgan fingerprint density at radius 3 is 2.62 bits per heavy atom. The van der Waals surface area contributed by atoms with Crippen molar-refractivity contribution < 1.29 is 12.8 Å². The highest BCUT2D eigenvalue weighted by Gasteiger charge is 2.24. The minimum atomic E-state index is -3.84. The molecule has 0 radical (unpaired) electrons. The van der Waals surface area contributed by atoms with E-state index in [-0.39, 0.29) is 10.6 Å². The normalized spacial score (nSPS) is 12.8. The van der Waals surface area contributed by atoms with E-state index in [2.05, 4.69) is 10.8 Å². The standard InChI is InChI=1S/C21H23FN4O2S/c1-4-17(25-29(27,28)21-14(3)7-13(2)8-19(21)24)12-26-11-15(10-23)18-9-16(22)5-6-20(18)26/h5-9,11,17,25H,4,12,24H2,1-3H3/t17-/m0/s1. The smallest absolute Gasteiger partial charge is 0.243 e. The Morgan fingerprint density at radius 2 is 2.00 bits per heavy atom. The molecule has 0 spiro atoms. The van der Waals surface area contributed by atoms with Crippen LogP contribution in [0.1, 0.15) is 30.0 Å². The molecule has 1 aromatic heterocycles. The molecule has 0 unspecified atom stereocenters. The Morgan fingerprint density at radius 1 is 1.28 bits per heavy atom. The van der Waals surface area contributed by atoms with Crippen molar-refractivity contribution in [2.24, 2.45) is 0 Å². The van der Waals surface area contributed by atoms with Crippen LogP contribution in [-0.4, -0.2) is 19.0 Å². The van der Waals surface area contributed by atoms with Gasteiger partial charge in [0.15, 0.2) is 0 Å². The summed E-state index contributed by atoms with van der Waals surface area (Å²) in [5, 5.41) is 9.84. The Hall–Kier alpha value is -2.89. The Bertz CT molecular complexity index is 1200. The number of nitrogens with zero attached hydrogens (tertiary/aromatic N) is 2. The average Bonchev–Trinajstić information content (AvgIpc) is 2.96. The van der Waals surface area contributed by atoms with Gasteiger partial charge in [-0.2, -0.15) is 5.26 Å². The van der Waals surface area contributed by atoms with Gasteiger partial charge in [-0.05, 0) is 55.7 Å². The summed E-state index contributed by atoms with van der Waals surface area (Å²) in [6.45, 7) is 5.74. The minimum absolute atomic E-state index is 0.0821. The largest absolute Gasteiger partial charge is 0.398 e. The van der Waals surface area contributed by atoms with Crippen LogP contribution in [0.15, 0.2) is 41.4 Å². The van der Waals surface area contributed by atoms with E-state index in [1.165, 1.54) is 12.1 Å². The second kappa shape index (κ2) is 7.85. The van der Waals surface area contributed by atoms with E-state index in [1.807, 2.05) is 13.8 Å². The van der Waals surface area contributed by atoms with Crippen molar-refractivity contribution in [3.8, 4) is 6.07 Å². The van der Waals surface area contributed by atoms with E-state index in [0.29, 0.717) is 35.0 Å². The number of hydrogen-bond acceptors (Lipinski definition) is 4. The summed E-state index contributed by atoms with van der Waals surface area (Å²) in [4.78, 5) is 0.0821. The molecule has 0 bridgehead atoms. The number of benzene rings is 2. The maximum Gasteiger partial charge on any atom is 0.243 e. The maximum atomic E-state index is 13.6. The zero-order chi connectivity index (χ0) is 21.3. The number of rotatable bonds is 6. The summed E-state index contributed by atoms with van der Waals surface area (Å²) in [6.07, 6.45) is 2.14. The fourth-order valence-electron chi connectivity index (χ4n) is 3.63. The number of nitrogens with one attached hydrogen (secondary N) is 1. The average molecular weight is 415 g/mol. The number of anilines is 1. The van der Waals surface area contributed by atoms with Crippen molar-refractivity contribution in [1.82, 2.24) is 9.29 Å². The summed E-state index contributed by atoms with van der Waals surface area (Å²) in [5.74, 6) is -0.426. The molecule has 8 heteroatoms.